The van der Waals surface area contributed by atoms with Crippen LogP contribution in [-0.2, 0) is 9.47 Å². The van der Waals surface area contributed by atoms with Crippen LogP contribution in [0.2, 0.25) is 0 Å². The second-order valence-corrected chi connectivity index (χ2v) is 6.74. The molecule has 2 aliphatic rings. The molecule has 0 spiro atoms. The van der Waals surface area contributed by atoms with Gasteiger partial charge in [0, 0.05) is 18.0 Å². The number of rotatable bonds is 5. The Morgan fingerprint density at radius 3 is 2.90 bits per heavy atom. The van der Waals surface area contributed by atoms with E-state index in [9.17, 15) is 0 Å². The molecule has 1 fully saturated rings. The van der Waals surface area contributed by atoms with E-state index < -0.39 is 0 Å². The van der Waals surface area contributed by atoms with E-state index in [1.165, 1.54) is 0 Å². The van der Waals surface area contributed by atoms with Crippen LogP contribution in [0.1, 0.15) is 27.7 Å². The first-order chi connectivity index (χ1) is 9.54. The van der Waals surface area contributed by atoms with E-state index in [4.69, 9.17) is 9.47 Å². The minimum atomic E-state index is 0.0985. The van der Waals surface area contributed by atoms with Crippen molar-refractivity contribution in [3.8, 4) is 0 Å². The summed E-state index contributed by atoms with van der Waals surface area (Å²) in [6, 6.07) is 0.404. The van der Waals surface area contributed by atoms with Crippen molar-refractivity contribution in [1.29, 1.82) is 0 Å². The zero-order valence-electron chi connectivity index (χ0n) is 12.7. The van der Waals surface area contributed by atoms with Gasteiger partial charge in [-0.3, -0.25) is 0 Å². The highest BCUT2D eigenvalue weighted by molar-refractivity contribution is 8.00. The van der Waals surface area contributed by atoms with Gasteiger partial charge in [-0.25, -0.2) is 4.99 Å². The summed E-state index contributed by atoms with van der Waals surface area (Å²) in [7, 11) is 0. The minimum absolute atomic E-state index is 0.0985. The maximum Gasteiger partial charge on any atom is 0.142 e. The highest BCUT2D eigenvalue weighted by Crippen LogP contribution is 2.28. The summed E-state index contributed by atoms with van der Waals surface area (Å²) in [5, 5.41) is 3.30. The van der Waals surface area contributed by atoms with Crippen LogP contribution in [0.4, 0.5) is 0 Å². The van der Waals surface area contributed by atoms with Gasteiger partial charge in [0.1, 0.15) is 24.2 Å². The molecule has 0 aromatic rings. The number of nitrogens with one attached hydrogen (secondary N) is 1. The molecule has 0 amide bonds. The highest BCUT2D eigenvalue weighted by atomic mass is 32.2. The number of hydrogen-bond donors (Lipinski definition) is 1. The fourth-order valence-corrected chi connectivity index (χ4v) is 3.01. The number of thioether (sulfide) groups is 1. The Labute approximate surface area is 125 Å². The summed E-state index contributed by atoms with van der Waals surface area (Å²) in [6.45, 7) is 9.61. The molecule has 0 unspecified atom stereocenters. The predicted octanol–water partition coefficient (Wildman–Crippen LogP) is 2.01. The molecule has 6 heteroatoms. The molecule has 0 aromatic heterocycles. The molecule has 0 saturated carbocycles. The lowest BCUT2D eigenvalue weighted by Crippen LogP contribution is -2.38. The Bertz CT molecular complexity index is 371. The van der Waals surface area contributed by atoms with Gasteiger partial charge in [0.05, 0.1) is 12.7 Å². The van der Waals surface area contributed by atoms with E-state index in [2.05, 4.69) is 35.3 Å². The van der Waals surface area contributed by atoms with Gasteiger partial charge in [0.2, 0.25) is 0 Å². The molecule has 1 saturated heterocycles. The zero-order chi connectivity index (χ0) is 14.5. The molecule has 0 aromatic carbocycles. The topological polar surface area (TPSA) is 46.1 Å². The van der Waals surface area contributed by atoms with Crippen molar-refractivity contribution in [3.63, 3.8) is 0 Å². The second-order valence-electron chi connectivity index (χ2n) is 5.55. The quantitative estimate of drug-likeness (QED) is 0.841. The average molecular weight is 299 g/mol. The van der Waals surface area contributed by atoms with Gasteiger partial charge in [-0.05, 0) is 33.8 Å². The first-order valence-corrected chi connectivity index (χ1v) is 8.23. The normalized spacial score (nSPS) is 26.5. The summed E-state index contributed by atoms with van der Waals surface area (Å²) in [4.78, 5) is 6.65. The molecule has 2 atom stereocenters. The van der Waals surface area contributed by atoms with Crippen LogP contribution in [-0.4, -0.2) is 53.6 Å². The van der Waals surface area contributed by atoms with Crippen molar-refractivity contribution in [2.24, 2.45) is 4.99 Å². The van der Waals surface area contributed by atoms with Gasteiger partial charge in [-0.15, -0.1) is 11.8 Å². The third-order valence-electron chi connectivity index (χ3n) is 2.93. The van der Waals surface area contributed by atoms with Crippen LogP contribution >= 0.6 is 11.8 Å². The summed E-state index contributed by atoms with van der Waals surface area (Å²) < 4.78 is 11.6. The van der Waals surface area contributed by atoms with Crippen LogP contribution in [0.5, 0.6) is 0 Å². The smallest absolute Gasteiger partial charge is 0.142 e. The Kier molecular flexibility index (Phi) is 5.74. The number of aliphatic imine (C=N–C) groups is 1. The zero-order valence-corrected chi connectivity index (χ0v) is 13.5. The van der Waals surface area contributed by atoms with Gasteiger partial charge in [0.15, 0.2) is 0 Å². The van der Waals surface area contributed by atoms with Gasteiger partial charge >= 0.3 is 0 Å². The van der Waals surface area contributed by atoms with Crippen molar-refractivity contribution in [3.05, 3.63) is 12.3 Å². The minimum Gasteiger partial charge on any atom is -0.375 e. The molecular weight excluding hydrogens is 274 g/mol. The van der Waals surface area contributed by atoms with Gasteiger partial charge in [0.25, 0.3) is 0 Å². The van der Waals surface area contributed by atoms with Crippen LogP contribution in [0.3, 0.4) is 0 Å². The summed E-state index contributed by atoms with van der Waals surface area (Å²) in [6.07, 6.45) is 4.42. The SMILES string of the molecule is CC(C)NC1=NCN([C@H]2CS[C@@H](COC(C)C)O2)C=C1. The second kappa shape index (κ2) is 7.33. The van der Waals surface area contributed by atoms with Crippen LogP contribution in [0.25, 0.3) is 0 Å². The molecule has 5 nitrogen and oxygen atoms in total. The monoisotopic (exact) mass is 299 g/mol. The third-order valence-corrected chi connectivity index (χ3v) is 4.03. The largest absolute Gasteiger partial charge is 0.375 e. The lowest BCUT2D eigenvalue weighted by Gasteiger charge is -2.28. The predicted molar refractivity (Wildman–Crippen MR) is 83.8 cm³/mol. The van der Waals surface area contributed by atoms with E-state index >= 15 is 0 Å². The fraction of sp³-hybridized carbons (Fsp3) is 0.786. The molecule has 2 rings (SSSR count). The maximum absolute atomic E-state index is 5.99. The first kappa shape index (κ1) is 15.7. The molecule has 2 aliphatic heterocycles. The molecule has 0 radical (unpaired) electrons. The lowest BCUT2D eigenvalue weighted by atomic mass is 10.3. The van der Waals surface area contributed by atoms with Crippen molar-refractivity contribution >= 4 is 17.6 Å². The Hall–Kier alpha value is -0.720. The Morgan fingerprint density at radius 1 is 1.50 bits per heavy atom. The van der Waals surface area contributed by atoms with Crippen LogP contribution in [0.15, 0.2) is 17.3 Å². The van der Waals surface area contributed by atoms with E-state index in [0.717, 1.165) is 11.6 Å². The first-order valence-electron chi connectivity index (χ1n) is 7.18. The van der Waals surface area contributed by atoms with E-state index in [-0.39, 0.29) is 17.8 Å². The molecule has 0 aliphatic carbocycles. The summed E-state index contributed by atoms with van der Waals surface area (Å²) >= 11 is 1.81. The number of nitrogens with zero attached hydrogens (tertiary/aromatic N) is 2. The highest BCUT2D eigenvalue weighted by Gasteiger charge is 2.30. The Morgan fingerprint density at radius 2 is 2.30 bits per heavy atom. The molecular formula is C14H25N3O2S. The van der Waals surface area contributed by atoms with E-state index in [1.54, 1.807) is 0 Å². The maximum atomic E-state index is 5.99. The van der Waals surface area contributed by atoms with Gasteiger partial charge < -0.3 is 19.7 Å². The van der Waals surface area contributed by atoms with Crippen LogP contribution in [0, 0.1) is 0 Å². The van der Waals surface area contributed by atoms with Gasteiger partial charge in [-0.2, -0.15) is 0 Å². The molecule has 114 valence electrons. The molecule has 2 heterocycles. The standard InChI is InChI=1S/C14H25N3O2S/c1-10(2)16-12-5-6-17(9-15-12)13-8-20-14(19-13)7-18-11(3)4/h5-6,10-11,13-14H,7-9H2,1-4H3,(H,15,16)/t13-,14+/m1/s1. The van der Waals surface area contributed by atoms with Gasteiger partial charge in [-0.1, -0.05) is 0 Å². The fourth-order valence-electron chi connectivity index (χ4n) is 1.98. The number of hydrogen-bond acceptors (Lipinski definition) is 6. The molecule has 0 bridgehead atoms. The van der Waals surface area contributed by atoms with E-state index in [1.807, 2.05) is 31.7 Å². The lowest BCUT2D eigenvalue weighted by molar-refractivity contribution is -0.0569. The van der Waals surface area contributed by atoms with Crippen molar-refractivity contribution in [2.75, 3.05) is 19.0 Å². The van der Waals surface area contributed by atoms with Crippen molar-refractivity contribution in [2.45, 2.75) is 51.5 Å². The van der Waals surface area contributed by atoms with Crippen molar-refractivity contribution in [1.82, 2.24) is 10.2 Å². The van der Waals surface area contributed by atoms with Crippen molar-refractivity contribution < 1.29 is 9.47 Å². The number of ether oxygens (including phenoxy) is 2. The average Bonchev–Trinajstić information content (AvgIpc) is 2.85. The third kappa shape index (κ3) is 4.68. The molecule has 1 N–H and O–H groups in total. The Balaban J connectivity index is 1.75. The molecule has 20 heavy (non-hydrogen) atoms. The van der Waals surface area contributed by atoms with Crippen LogP contribution < -0.4 is 5.32 Å². The summed E-state index contributed by atoms with van der Waals surface area (Å²) in [5.74, 6) is 1.90. The van der Waals surface area contributed by atoms with E-state index in [0.29, 0.717) is 19.3 Å². The summed E-state index contributed by atoms with van der Waals surface area (Å²) in [5.41, 5.74) is 0.134. The number of amidine groups is 1.